The maximum Gasteiger partial charge on any atom is 1.00 e. The van der Waals surface area contributed by atoms with Gasteiger partial charge in [-0.3, -0.25) is 27.9 Å². The number of nitrogens with zero attached hydrogens (tertiary/aromatic N) is 15. The number of H-pyrrole nitrogens is 4. The predicted octanol–water partition coefficient (Wildman–Crippen LogP) is 9.37. The average Bonchev–Trinajstić information content (AvgIpc) is 1.40. The van der Waals surface area contributed by atoms with Gasteiger partial charge in [-0.25, -0.2) is 66.7 Å². The molecule has 0 saturated heterocycles. The third kappa shape index (κ3) is 17.2. The van der Waals surface area contributed by atoms with Crippen molar-refractivity contribution >= 4 is 86.0 Å². The van der Waals surface area contributed by atoms with Gasteiger partial charge in [0, 0.05) is 96.6 Å². The first-order valence-corrected chi connectivity index (χ1v) is 42.8. The van der Waals surface area contributed by atoms with Gasteiger partial charge in [-0.05, 0) is 202 Å². The van der Waals surface area contributed by atoms with Crippen LogP contribution in [-0.2, 0) is 62.2 Å². The van der Waals surface area contributed by atoms with Crippen molar-refractivity contribution in [2.75, 3.05) is 7.11 Å². The van der Waals surface area contributed by atoms with Crippen LogP contribution >= 0.6 is 0 Å². The van der Waals surface area contributed by atoms with Gasteiger partial charge < -0.3 is 36.3 Å². The summed E-state index contributed by atoms with van der Waals surface area (Å²) in [7, 11) is -9.85. The monoisotopic (exact) mass is 1700 g/mol. The number of Topliss-reactive ketones (excluding diaryl/α,β-unsaturated/α-hetero) is 2. The van der Waals surface area contributed by atoms with Gasteiger partial charge in [0.1, 0.15) is 23.7 Å². The predicted molar refractivity (Wildman–Crippen MR) is 444 cm³/mol. The second kappa shape index (κ2) is 37.4. The first-order chi connectivity index (χ1) is 57.8. The smallest absolute Gasteiger partial charge is 0.870 e. The number of carbonyl (C=O) groups excluding carboxylic acids is 2. The molecule has 5 aliphatic rings. The van der Waals surface area contributed by atoms with Crippen molar-refractivity contribution in [2.45, 2.75) is 129 Å². The van der Waals surface area contributed by atoms with Crippen LogP contribution in [0.2, 0.25) is 0 Å². The molecule has 0 spiro atoms. The number of aromatic amines is 4. The number of imidazole rings is 4. The Bertz CT molecular complexity index is 6910. The number of ketones is 2. The van der Waals surface area contributed by atoms with E-state index >= 15 is 0 Å². The van der Waals surface area contributed by atoms with Crippen LogP contribution in [0.1, 0.15) is 148 Å². The number of aromatic nitrogens is 17. The third-order valence-corrected chi connectivity index (χ3v) is 26.7. The molecule has 16 aromatic rings. The van der Waals surface area contributed by atoms with Crippen LogP contribution in [0.15, 0.2) is 261 Å². The van der Waals surface area contributed by atoms with E-state index in [1.165, 1.54) is 29.4 Å². The summed E-state index contributed by atoms with van der Waals surface area (Å²) < 4.78 is 88.0. The summed E-state index contributed by atoms with van der Waals surface area (Å²) in [4.78, 5) is 89.0. The van der Waals surface area contributed by atoms with Crippen LogP contribution in [0, 0.1) is 11.1 Å². The third-order valence-electron chi connectivity index (χ3n) is 21.5. The second-order valence-electron chi connectivity index (χ2n) is 28.4. The molecule has 616 valence electrons. The first-order valence-electron chi connectivity index (χ1n) is 38.5. The van der Waals surface area contributed by atoms with Crippen LogP contribution in [0.3, 0.4) is 0 Å². The summed E-state index contributed by atoms with van der Waals surface area (Å²) in [6, 6.07) is 49.4. The van der Waals surface area contributed by atoms with Crippen LogP contribution < -0.4 is 46.7 Å². The number of nitrogens with two attached hydrogens (primary N) is 1. The van der Waals surface area contributed by atoms with E-state index in [9.17, 15) is 44.4 Å². The number of aliphatic hydroxyl groups is 1. The van der Waals surface area contributed by atoms with Crippen molar-refractivity contribution in [3.8, 4) is 11.9 Å². The van der Waals surface area contributed by atoms with Crippen LogP contribution in [-0.4, -0.2) is 135 Å². The zero-order valence-corrected chi connectivity index (χ0v) is 70.1. The molecule has 21 rings (SSSR count). The Morgan fingerprint density at radius 3 is 1.36 bits per heavy atom. The van der Waals surface area contributed by atoms with Crippen molar-refractivity contribution in [2.24, 2.45) is 16.2 Å². The molecule has 10 N–H and O–H groups in total. The van der Waals surface area contributed by atoms with Crippen molar-refractivity contribution in [1.82, 2.24) is 80.0 Å². The Morgan fingerprint density at radius 2 is 0.843 bits per heavy atom. The topological polar surface area (TPSA) is 494 Å². The van der Waals surface area contributed by atoms with Gasteiger partial charge in [0.25, 0.3) is 30.1 Å². The average molecular weight is 1700 g/mol. The Kier molecular flexibility index (Phi) is 26.6. The first kappa shape index (κ1) is 86.3. The molecule has 0 fully saturated rings. The molecule has 34 nitrogen and oxygen atoms in total. The molecule has 38 heteroatoms. The minimum absolute atomic E-state index is 0. The number of para-hydroxylation sites is 4. The van der Waals surface area contributed by atoms with Gasteiger partial charge in [0.2, 0.25) is 11.9 Å². The Labute approximate surface area is 714 Å². The molecule has 0 radical (unpaired) electrons. The number of fused-ring (bicyclic) bond motifs is 9. The van der Waals surface area contributed by atoms with E-state index in [0.717, 1.165) is 121 Å². The van der Waals surface area contributed by atoms with E-state index < -0.39 is 30.1 Å². The van der Waals surface area contributed by atoms with E-state index in [1.54, 1.807) is 154 Å². The maximum absolute atomic E-state index is 13.4. The molecule has 11 heterocycles. The van der Waals surface area contributed by atoms with Gasteiger partial charge in [-0.15, -0.1) is 0 Å². The quantitative estimate of drug-likeness (QED) is 0.0339. The van der Waals surface area contributed by atoms with Crippen LogP contribution in [0.4, 0.5) is 0 Å². The molecule has 11 aromatic heterocycles. The molecule has 0 saturated carbocycles. The minimum atomic E-state index is -3.75. The normalized spacial score (nSPS) is 15.7. The number of hydrogen-bond donors (Lipinski definition) is 8. The van der Waals surface area contributed by atoms with Gasteiger partial charge in [-0.1, -0.05) is 78.9 Å². The molecule has 0 bridgehead atoms. The van der Waals surface area contributed by atoms with Gasteiger partial charge in [0.05, 0.1) is 61.2 Å². The molecule has 3 atom stereocenters. The van der Waals surface area contributed by atoms with Gasteiger partial charge in [-0.2, -0.15) is 21.0 Å². The van der Waals surface area contributed by atoms with E-state index in [-0.39, 0.29) is 80.1 Å². The number of benzene rings is 5. The number of aryl methyl sites for hydroxylation is 2. The summed E-state index contributed by atoms with van der Waals surface area (Å²) >= 11 is 0. The zero-order valence-electron chi connectivity index (χ0n) is 65.7. The molecule has 5 aliphatic carbocycles. The summed E-state index contributed by atoms with van der Waals surface area (Å²) in [5.41, 5.74) is 31.6. The van der Waals surface area contributed by atoms with E-state index in [2.05, 4.69) is 56.4 Å². The summed E-state index contributed by atoms with van der Waals surface area (Å²) in [6.45, 7) is 0. The van der Waals surface area contributed by atoms with Gasteiger partial charge in [0.15, 0.2) is 22.9 Å². The van der Waals surface area contributed by atoms with Crippen molar-refractivity contribution in [1.29, 1.82) is 11.1 Å². The fourth-order valence-corrected chi connectivity index (χ4v) is 20.3. The molecule has 0 aliphatic heterocycles. The Balaban J connectivity index is 0.000000134. The Morgan fingerprint density at radius 1 is 0.438 bits per heavy atom. The van der Waals surface area contributed by atoms with Crippen molar-refractivity contribution < 1.29 is 75.0 Å². The van der Waals surface area contributed by atoms with Crippen molar-refractivity contribution in [3.05, 3.63) is 303 Å². The van der Waals surface area contributed by atoms with Crippen LogP contribution in [0.25, 0.3) is 56.3 Å². The molecule has 5 aromatic carbocycles. The zero-order chi connectivity index (χ0) is 83.1. The fourth-order valence-electron chi connectivity index (χ4n) is 16.0. The number of aliphatic hydroxyl groups excluding tert-OH is 1. The summed E-state index contributed by atoms with van der Waals surface area (Å²) in [5.74, 6) is 1.22. The molecule has 0 amide bonds. The molecular weight excluding hydrogens is 1620 g/mol. The van der Waals surface area contributed by atoms with E-state index in [0.29, 0.717) is 94.0 Å². The number of rotatable bonds is 11. The minimum Gasteiger partial charge on any atom is -0.870 e. The van der Waals surface area contributed by atoms with Crippen molar-refractivity contribution in [3.63, 3.8) is 0 Å². The van der Waals surface area contributed by atoms with Crippen LogP contribution in [0.5, 0.6) is 0 Å². The standard InChI is InChI=1S/C26H21N7O3S.C20H17N7O.C14H16N2O2S.C14H13NO3S.C8H9NO.CH4O.H2N4.Na.H2O/c34-26-29-20-15-27-25(31-16-28-19-9-4-5-10-23(19)31)30-24(20)33(26)22-12-6-11-21-18(22)13-14-32(21)37(35,36)17-7-2-1-3-8-17;28-20-24-15-10-22-19(26-11-23-14-4-1-2-6-17(14)26)25-18(15)27(20)16-7-3-5-13-12(16)8-9-21-13;15-13-7-4-8-14-12(13)9-10-16(14)19(17,18)11-5-2-1-3-6-11;16-14-8-4-7-13-12(14)9-10-15(13)19(17,18)11-5-2-1-3-6-11;10-8-3-1-2-7-6(8)4-5-9-7;1-2;1-3-4-2;;/h1-5,7-10,13-16,22H,6,11-12H2,(H,29,34);1-2,4,6,8-11,16,21H,3,5,7H2,(H,24,28);1-3,5-6,9-10,13H,4,7-8,15H2;1-3,5-6,9-10H,4,7-8H2;4-5,9H,1-3H2;2H,1H3;1-2H;;1H2/q;;;;;;;+1;/p-1. The number of nitrogens with one attached hydrogen (secondary N) is 6. The maximum atomic E-state index is 13.4. The molecular formula is C83H83N22NaO12S3. The summed E-state index contributed by atoms with van der Waals surface area (Å²) in [5, 5.41) is 11.6. The van der Waals surface area contributed by atoms with E-state index in [1.807, 2.05) is 77.6 Å². The second-order valence-corrected chi connectivity index (χ2v) is 33.9. The number of carbonyl (C=O) groups is 2. The number of hydrogen-bond acceptors (Lipinski definition) is 21. The van der Waals surface area contributed by atoms with E-state index in [4.69, 9.17) is 31.9 Å². The SMILES string of the molecule is CO.N=NN=N.NC1CCCc2c1ccn2S(=O)(=O)c1ccccc1.O=C1CCCc2[nH]ccc21.O=C1CCCc2c1ccn2S(=O)(=O)c1ccccc1.O=c1[nH]c2cnc(-n3cnc4ccccc43)nc2n1C1CCCc2[nH]ccc21.O=c1[nH]c2cnc(-n3cnc4ccccc43)nc2n1C1CCCc2c1ccn2S(=O)(=O)c1ccccc1.[Na+].[OH-]. The summed E-state index contributed by atoms with van der Waals surface area (Å²) in [6.07, 6.45) is 27.3. The Hall–Kier alpha value is -12.6. The fraction of sp³-hybridized carbons (Fsp3) is 0.229. The van der Waals surface area contributed by atoms with Gasteiger partial charge >= 0.3 is 40.9 Å². The molecule has 3 unspecified atom stereocenters. The largest absolute Gasteiger partial charge is 1.00 e. The molecule has 121 heavy (non-hydrogen) atoms.